The Labute approximate surface area is 146 Å². The van der Waals surface area contributed by atoms with Gasteiger partial charge in [-0.2, -0.15) is 5.10 Å². The van der Waals surface area contributed by atoms with E-state index in [2.05, 4.69) is 46.3 Å². The Kier molecular flexibility index (Phi) is 5.01. The van der Waals surface area contributed by atoms with Crippen LogP contribution in [0.1, 0.15) is 11.3 Å². The molecule has 1 amide bonds. The normalized spacial score (nSPS) is 13.7. The van der Waals surface area contributed by atoms with E-state index in [9.17, 15) is 4.79 Å². The van der Waals surface area contributed by atoms with Gasteiger partial charge in [0.05, 0.1) is 24.1 Å². The molecule has 0 atom stereocenters. The fourth-order valence-electron chi connectivity index (χ4n) is 2.54. The first kappa shape index (κ1) is 16.7. The van der Waals surface area contributed by atoms with Gasteiger partial charge in [0.15, 0.2) is 5.16 Å². The van der Waals surface area contributed by atoms with Crippen molar-refractivity contribution < 1.29 is 4.79 Å². The maximum atomic E-state index is 11.7. The number of aromatic nitrogens is 2. The number of imidazole rings is 1. The maximum Gasteiger partial charge on any atom is 0.254 e. The fourth-order valence-corrected chi connectivity index (χ4v) is 3.50. The van der Waals surface area contributed by atoms with Gasteiger partial charge in [0, 0.05) is 17.9 Å². The molecule has 24 heavy (non-hydrogen) atoms. The van der Waals surface area contributed by atoms with Crippen LogP contribution in [0.15, 0.2) is 34.5 Å². The predicted octanol–water partition coefficient (Wildman–Crippen LogP) is 1.98. The lowest BCUT2D eigenvalue weighted by atomic mass is 10.1. The molecule has 6 nitrogen and oxygen atoms in total. The molecule has 1 aromatic carbocycles. The van der Waals surface area contributed by atoms with Gasteiger partial charge in [-0.05, 0) is 21.0 Å². The van der Waals surface area contributed by atoms with Crippen LogP contribution in [-0.4, -0.2) is 53.0 Å². The van der Waals surface area contributed by atoms with E-state index in [1.165, 1.54) is 5.56 Å². The third-order valence-electron chi connectivity index (χ3n) is 3.68. The second-order valence-electron chi connectivity index (χ2n) is 6.03. The van der Waals surface area contributed by atoms with Gasteiger partial charge in [0.25, 0.3) is 5.91 Å². The second kappa shape index (κ2) is 7.19. The molecule has 0 bridgehead atoms. The standard InChI is InChI=1S/C17H21N5OS/c1-12-4-6-13(7-5-12)16-14(22-8-9-24-17(22)19-16)10-18-20-15(23)11-21(2)3/h4-7,10H,8-9,11H2,1-3H3,(H,20,23)/b18-10+. The summed E-state index contributed by atoms with van der Waals surface area (Å²) in [5.41, 5.74) is 6.69. The Bertz CT molecular complexity index is 764. The summed E-state index contributed by atoms with van der Waals surface area (Å²) in [4.78, 5) is 18.3. The van der Waals surface area contributed by atoms with Crippen molar-refractivity contribution in [2.45, 2.75) is 18.6 Å². The molecule has 7 heteroatoms. The Hall–Kier alpha value is -2.12. The maximum absolute atomic E-state index is 11.7. The van der Waals surface area contributed by atoms with Crippen molar-refractivity contribution in [1.82, 2.24) is 19.9 Å². The molecule has 2 aromatic rings. The highest BCUT2D eigenvalue weighted by Crippen LogP contribution is 2.32. The number of hydrazone groups is 1. The highest BCUT2D eigenvalue weighted by Gasteiger charge is 2.21. The SMILES string of the molecule is Cc1ccc(-c2nc3n(c2/C=N/NC(=O)CN(C)C)CCS3)cc1. The number of fused-ring (bicyclic) bond motifs is 1. The quantitative estimate of drug-likeness (QED) is 0.666. The minimum atomic E-state index is -0.135. The molecular formula is C17H21N5OS. The lowest BCUT2D eigenvalue weighted by molar-refractivity contribution is -0.121. The molecule has 0 radical (unpaired) electrons. The Morgan fingerprint density at radius 2 is 2.17 bits per heavy atom. The van der Waals surface area contributed by atoms with E-state index in [0.29, 0.717) is 6.54 Å². The van der Waals surface area contributed by atoms with Crippen LogP contribution in [0.25, 0.3) is 11.3 Å². The summed E-state index contributed by atoms with van der Waals surface area (Å²) in [5.74, 6) is 0.883. The van der Waals surface area contributed by atoms with Crippen LogP contribution in [0, 0.1) is 6.92 Å². The predicted molar refractivity (Wildman–Crippen MR) is 97.4 cm³/mol. The van der Waals surface area contributed by atoms with Crippen molar-refractivity contribution in [3.05, 3.63) is 35.5 Å². The van der Waals surface area contributed by atoms with Crippen molar-refractivity contribution in [1.29, 1.82) is 0 Å². The summed E-state index contributed by atoms with van der Waals surface area (Å²) < 4.78 is 2.15. The number of amides is 1. The monoisotopic (exact) mass is 343 g/mol. The molecular weight excluding hydrogens is 322 g/mol. The van der Waals surface area contributed by atoms with Crippen LogP contribution in [0.5, 0.6) is 0 Å². The number of nitrogens with one attached hydrogen (secondary N) is 1. The number of thioether (sulfide) groups is 1. The van der Waals surface area contributed by atoms with E-state index in [0.717, 1.165) is 34.4 Å². The molecule has 1 aliphatic heterocycles. The molecule has 3 rings (SSSR count). The lowest BCUT2D eigenvalue weighted by Crippen LogP contribution is -2.30. The lowest BCUT2D eigenvalue weighted by Gasteiger charge is -2.07. The summed E-state index contributed by atoms with van der Waals surface area (Å²) >= 11 is 1.75. The van der Waals surface area contributed by atoms with Crippen molar-refractivity contribution >= 4 is 23.9 Å². The Balaban J connectivity index is 1.86. The molecule has 0 unspecified atom stereocenters. The van der Waals surface area contributed by atoms with Crippen molar-refractivity contribution in [2.75, 3.05) is 26.4 Å². The number of carbonyl (C=O) groups is 1. The number of rotatable bonds is 5. The zero-order chi connectivity index (χ0) is 17.1. The summed E-state index contributed by atoms with van der Waals surface area (Å²) in [6.07, 6.45) is 1.70. The molecule has 0 fully saturated rings. The molecule has 0 spiro atoms. The Morgan fingerprint density at radius 3 is 2.88 bits per heavy atom. The number of aryl methyl sites for hydroxylation is 1. The number of likely N-dealkylation sites (N-methyl/N-ethyl adjacent to an activating group) is 1. The van der Waals surface area contributed by atoms with Crippen molar-refractivity contribution in [3.63, 3.8) is 0 Å². The van der Waals surface area contributed by atoms with E-state index in [1.807, 2.05) is 14.1 Å². The smallest absolute Gasteiger partial charge is 0.254 e. The van der Waals surface area contributed by atoms with E-state index in [1.54, 1.807) is 22.9 Å². The van der Waals surface area contributed by atoms with Crippen LogP contribution in [0.3, 0.4) is 0 Å². The zero-order valence-electron chi connectivity index (χ0n) is 14.1. The van der Waals surface area contributed by atoms with E-state index >= 15 is 0 Å². The van der Waals surface area contributed by atoms with E-state index in [4.69, 9.17) is 4.98 Å². The fraction of sp³-hybridized carbons (Fsp3) is 0.353. The van der Waals surface area contributed by atoms with Crippen LogP contribution < -0.4 is 5.43 Å². The van der Waals surface area contributed by atoms with Crippen LogP contribution in [0.4, 0.5) is 0 Å². The molecule has 126 valence electrons. The van der Waals surface area contributed by atoms with Gasteiger partial charge in [0.1, 0.15) is 0 Å². The molecule has 0 aliphatic carbocycles. The molecule has 0 saturated heterocycles. The van der Waals surface area contributed by atoms with Gasteiger partial charge in [-0.15, -0.1) is 0 Å². The molecule has 1 aliphatic rings. The number of nitrogens with zero attached hydrogens (tertiary/aromatic N) is 4. The van der Waals surface area contributed by atoms with Crippen LogP contribution in [0.2, 0.25) is 0 Å². The average Bonchev–Trinajstić information content (AvgIpc) is 3.09. The van der Waals surface area contributed by atoms with Crippen molar-refractivity contribution in [3.8, 4) is 11.3 Å². The highest BCUT2D eigenvalue weighted by molar-refractivity contribution is 7.99. The first-order chi connectivity index (χ1) is 11.5. The van der Waals surface area contributed by atoms with E-state index < -0.39 is 0 Å². The van der Waals surface area contributed by atoms with Gasteiger partial charge >= 0.3 is 0 Å². The van der Waals surface area contributed by atoms with Gasteiger partial charge in [-0.25, -0.2) is 10.4 Å². The second-order valence-corrected chi connectivity index (χ2v) is 7.09. The highest BCUT2D eigenvalue weighted by atomic mass is 32.2. The minimum absolute atomic E-state index is 0.135. The molecule has 0 saturated carbocycles. The summed E-state index contributed by atoms with van der Waals surface area (Å²) in [5, 5.41) is 5.13. The summed E-state index contributed by atoms with van der Waals surface area (Å²) in [7, 11) is 3.69. The number of hydrogen-bond donors (Lipinski definition) is 1. The third-order valence-corrected chi connectivity index (χ3v) is 4.64. The van der Waals surface area contributed by atoms with Gasteiger partial charge in [-0.3, -0.25) is 4.79 Å². The number of hydrogen-bond acceptors (Lipinski definition) is 5. The van der Waals surface area contributed by atoms with Gasteiger partial charge in [-0.1, -0.05) is 41.6 Å². The first-order valence-electron chi connectivity index (χ1n) is 7.81. The number of carbonyl (C=O) groups excluding carboxylic acids is 1. The summed E-state index contributed by atoms with van der Waals surface area (Å²) in [6.45, 7) is 3.28. The number of benzene rings is 1. The average molecular weight is 343 g/mol. The van der Waals surface area contributed by atoms with Gasteiger partial charge < -0.3 is 9.47 Å². The van der Waals surface area contributed by atoms with E-state index in [-0.39, 0.29) is 5.91 Å². The zero-order valence-corrected chi connectivity index (χ0v) is 14.9. The minimum Gasteiger partial charge on any atom is -0.317 e. The molecule has 2 heterocycles. The third kappa shape index (κ3) is 3.68. The van der Waals surface area contributed by atoms with Crippen LogP contribution in [-0.2, 0) is 11.3 Å². The first-order valence-corrected chi connectivity index (χ1v) is 8.80. The summed E-state index contributed by atoms with van der Waals surface area (Å²) in [6, 6.07) is 8.29. The van der Waals surface area contributed by atoms with Crippen molar-refractivity contribution in [2.24, 2.45) is 5.10 Å². The largest absolute Gasteiger partial charge is 0.317 e. The van der Waals surface area contributed by atoms with Crippen LogP contribution >= 0.6 is 11.8 Å². The van der Waals surface area contributed by atoms with Gasteiger partial charge in [0.2, 0.25) is 0 Å². The Morgan fingerprint density at radius 1 is 1.42 bits per heavy atom. The molecule has 1 N–H and O–H groups in total. The molecule has 1 aromatic heterocycles. The topological polar surface area (TPSA) is 62.5 Å².